The van der Waals surface area contributed by atoms with Crippen molar-refractivity contribution in [2.45, 2.75) is 19.0 Å². The van der Waals surface area contributed by atoms with E-state index in [2.05, 4.69) is 0 Å². The standard InChI is InChI=1S/C21H20FNO6/c1-27-21(26)17-10-14-6-2-3-7-15(14)11-23(17)19(24)12-29-20(25)13-28-18-9-5-4-8-16(18)22/h2-9,17H,10-13H2,1H3/t17-/m0/s1. The zero-order valence-corrected chi connectivity index (χ0v) is 15.8. The van der Waals surface area contributed by atoms with Crippen LogP contribution in [0.2, 0.25) is 0 Å². The average Bonchev–Trinajstić information content (AvgIpc) is 2.75. The highest BCUT2D eigenvalue weighted by molar-refractivity contribution is 5.87. The molecule has 1 atom stereocenters. The fourth-order valence-electron chi connectivity index (χ4n) is 3.10. The van der Waals surface area contributed by atoms with Gasteiger partial charge in [-0.05, 0) is 23.3 Å². The first-order valence-electron chi connectivity index (χ1n) is 8.96. The molecular formula is C21H20FNO6. The molecule has 2 aromatic carbocycles. The molecule has 1 heterocycles. The van der Waals surface area contributed by atoms with E-state index in [0.29, 0.717) is 6.42 Å². The monoisotopic (exact) mass is 401 g/mol. The van der Waals surface area contributed by atoms with Gasteiger partial charge in [-0.25, -0.2) is 14.0 Å². The zero-order chi connectivity index (χ0) is 20.8. The zero-order valence-electron chi connectivity index (χ0n) is 15.8. The number of amides is 1. The molecule has 3 rings (SSSR count). The second-order valence-electron chi connectivity index (χ2n) is 6.41. The maximum Gasteiger partial charge on any atom is 0.344 e. The molecule has 0 radical (unpaired) electrons. The van der Waals surface area contributed by atoms with Gasteiger partial charge in [0.2, 0.25) is 0 Å². The molecule has 0 saturated heterocycles. The minimum absolute atomic E-state index is 0.0887. The summed E-state index contributed by atoms with van der Waals surface area (Å²) in [5, 5.41) is 0. The average molecular weight is 401 g/mol. The molecule has 29 heavy (non-hydrogen) atoms. The molecule has 0 fully saturated rings. The molecule has 152 valence electrons. The van der Waals surface area contributed by atoms with Crippen LogP contribution in [0.5, 0.6) is 5.75 Å². The fraction of sp³-hybridized carbons (Fsp3) is 0.286. The highest BCUT2D eigenvalue weighted by Gasteiger charge is 2.35. The highest BCUT2D eigenvalue weighted by atomic mass is 19.1. The molecule has 0 aliphatic carbocycles. The Hall–Kier alpha value is -3.42. The first-order valence-corrected chi connectivity index (χ1v) is 8.96. The summed E-state index contributed by atoms with van der Waals surface area (Å²) in [6, 6.07) is 12.3. The molecule has 0 bridgehead atoms. The Bertz CT molecular complexity index is 916. The van der Waals surface area contributed by atoms with E-state index in [9.17, 15) is 18.8 Å². The summed E-state index contributed by atoms with van der Waals surface area (Å²) in [6.45, 7) is -0.898. The molecule has 2 aromatic rings. The van der Waals surface area contributed by atoms with Gasteiger partial charge >= 0.3 is 11.9 Å². The van der Waals surface area contributed by atoms with Gasteiger partial charge < -0.3 is 19.1 Å². The molecule has 0 aromatic heterocycles. The van der Waals surface area contributed by atoms with E-state index < -0.39 is 42.9 Å². The minimum Gasteiger partial charge on any atom is -0.479 e. The molecule has 1 amide bonds. The predicted molar refractivity (Wildman–Crippen MR) is 99.4 cm³/mol. The topological polar surface area (TPSA) is 82.1 Å². The highest BCUT2D eigenvalue weighted by Crippen LogP contribution is 2.24. The van der Waals surface area contributed by atoms with E-state index >= 15 is 0 Å². The number of carbonyl (C=O) groups excluding carboxylic acids is 3. The second-order valence-corrected chi connectivity index (χ2v) is 6.41. The van der Waals surface area contributed by atoms with Crippen molar-refractivity contribution in [3.8, 4) is 5.75 Å². The lowest BCUT2D eigenvalue weighted by molar-refractivity contribution is -0.160. The van der Waals surface area contributed by atoms with E-state index in [1.807, 2.05) is 24.3 Å². The molecule has 1 aliphatic rings. The number of hydrogen-bond donors (Lipinski definition) is 0. The number of rotatable bonds is 6. The molecular weight excluding hydrogens is 381 g/mol. The Labute approximate surface area is 167 Å². The van der Waals surface area contributed by atoms with Gasteiger partial charge in [0.15, 0.2) is 24.8 Å². The van der Waals surface area contributed by atoms with Crippen LogP contribution < -0.4 is 4.74 Å². The van der Waals surface area contributed by atoms with Gasteiger partial charge in [0.25, 0.3) is 5.91 Å². The van der Waals surface area contributed by atoms with Crippen LogP contribution >= 0.6 is 0 Å². The molecule has 1 aliphatic heterocycles. The minimum atomic E-state index is -0.825. The third-order valence-corrected chi connectivity index (χ3v) is 4.58. The lowest BCUT2D eigenvalue weighted by atomic mass is 9.94. The van der Waals surface area contributed by atoms with Gasteiger partial charge in [-0.2, -0.15) is 0 Å². The molecule has 7 nitrogen and oxygen atoms in total. The lowest BCUT2D eigenvalue weighted by Gasteiger charge is -2.35. The number of methoxy groups -OCH3 is 1. The molecule has 8 heteroatoms. The fourth-order valence-corrected chi connectivity index (χ4v) is 3.10. The van der Waals surface area contributed by atoms with Gasteiger partial charge in [0, 0.05) is 13.0 Å². The van der Waals surface area contributed by atoms with Crippen molar-refractivity contribution in [3.63, 3.8) is 0 Å². The van der Waals surface area contributed by atoms with Crippen molar-refractivity contribution in [2.75, 3.05) is 20.3 Å². The second kappa shape index (κ2) is 9.18. The molecule has 0 N–H and O–H groups in total. The van der Waals surface area contributed by atoms with Crippen molar-refractivity contribution in [1.29, 1.82) is 0 Å². The summed E-state index contributed by atoms with van der Waals surface area (Å²) in [5.74, 6) is -2.59. The summed E-state index contributed by atoms with van der Waals surface area (Å²) in [4.78, 5) is 37.9. The maximum atomic E-state index is 13.5. The summed E-state index contributed by atoms with van der Waals surface area (Å²) in [6.07, 6.45) is 0.318. The number of nitrogens with zero attached hydrogens (tertiary/aromatic N) is 1. The van der Waals surface area contributed by atoms with Crippen LogP contribution in [0.1, 0.15) is 11.1 Å². The largest absolute Gasteiger partial charge is 0.479 e. The summed E-state index contributed by atoms with van der Waals surface area (Å²) < 4.78 is 28.3. The van der Waals surface area contributed by atoms with Crippen LogP contribution in [-0.4, -0.2) is 49.1 Å². The lowest BCUT2D eigenvalue weighted by Crippen LogP contribution is -2.50. The van der Waals surface area contributed by atoms with Crippen molar-refractivity contribution in [1.82, 2.24) is 4.90 Å². The van der Waals surface area contributed by atoms with E-state index in [4.69, 9.17) is 14.2 Å². The molecule has 0 unspecified atom stereocenters. The molecule has 0 saturated carbocycles. The predicted octanol–water partition coefficient (Wildman–Crippen LogP) is 1.87. The Morgan fingerprint density at radius 1 is 1.03 bits per heavy atom. The van der Waals surface area contributed by atoms with Gasteiger partial charge in [0.05, 0.1) is 7.11 Å². The first kappa shape index (κ1) is 20.3. The summed E-state index contributed by atoms with van der Waals surface area (Å²) in [5.41, 5.74) is 1.87. The number of benzene rings is 2. The third kappa shape index (κ3) is 4.90. The SMILES string of the molecule is COC(=O)[C@@H]1Cc2ccccc2CN1C(=O)COC(=O)COc1ccccc1F. The number of halogens is 1. The van der Waals surface area contributed by atoms with Crippen LogP contribution in [0, 0.1) is 5.82 Å². The maximum absolute atomic E-state index is 13.5. The van der Waals surface area contributed by atoms with Gasteiger partial charge in [-0.3, -0.25) is 4.79 Å². The number of para-hydroxylation sites is 1. The van der Waals surface area contributed by atoms with Crippen LogP contribution in [0.15, 0.2) is 48.5 Å². The van der Waals surface area contributed by atoms with Gasteiger partial charge in [0.1, 0.15) is 6.04 Å². The van der Waals surface area contributed by atoms with Gasteiger partial charge in [-0.15, -0.1) is 0 Å². The van der Waals surface area contributed by atoms with E-state index in [1.54, 1.807) is 6.07 Å². The number of fused-ring (bicyclic) bond motifs is 1. The summed E-state index contributed by atoms with van der Waals surface area (Å²) in [7, 11) is 1.26. The van der Waals surface area contributed by atoms with E-state index in [-0.39, 0.29) is 12.3 Å². The van der Waals surface area contributed by atoms with Crippen molar-refractivity contribution < 1.29 is 33.0 Å². The smallest absolute Gasteiger partial charge is 0.344 e. The van der Waals surface area contributed by atoms with E-state index in [1.165, 1.54) is 30.2 Å². The number of hydrogen-bond acceptors (Lipinski definition) is 6. The first-order chi connectivity index (χ1) is 14.0. The third-order valence-electron chi connectivity index (χ3n) is 4.58. The summed E-state index contributed by atoms with van der Waals surface area (Å²) >= 11 is 0. The van der Waals surface area contributed by atoms with Crippen LogP contribution in [0.25, 0.3) is 0 Å². The van der Waals surface area contributed by atoms with Crippen LogP contribution in [0.3, 0.4) is 0 Å². The van der Waals surface area contributed by atoms with Crippen LogP contribution in [-0.2, 0) is 36.8 Å². The van der Waals surface area contributed by atoms with Crippen molar-refractivity contribution in [2.24, 2.45) is 0 Å². The number of carbonyl (C=O) groups is 3. The number of esters is 2. The Morgan fingerprint density at radius 3 is 2.45 bits per heavy atom. The molecule has 0 spiro atoms. The number of ether oxygens (including phenoxy) is 3. The Balaban J connectivity index is 1.59. The van der Waals surface area contributed by atoms with E-state index in [0.717, 1.165) is 11.1 Å². The van der Waals surface area contributed by atoms with Crippen molar-refractivity contribution >= 4 is 17.8 Å². The van der Waals surface area contributed by atoms with Gasteiger partial charge in [-0.1, -0.05) is 36.4 Å². The Kier molecular flexibility index (Phi) is 6.43. The van der Waals surface area contributed by atoms with Crippen molar-refractivity contribution in [3.05, 3.63) is 65.5 Å². The normalized spacial score (nSPS) is 15.2. The Morgan fingerprint density at radius 2 is 1.72 bits per heavy atom. The quantitative estimate of drug-likeness (QED) is 0.688. The van der Waals surface area contributed by atoms with Crippen LogP contribution in [0.4, 0.5) is 4.39 Å².